The Morgan fingerprint density at radius 2 is 1.65 bits per heavy atom. The third-order valence-corrected chi connectivity index (χ3v) is 2.53. The molecule has 20 heavy (non-hydrogen) atoms. The number of carboxylic acids is 1. The number of anilines is 2. The highest BCUT2D eigenvalue weighted by Crippen LogP contribution is 2.30. The summed E-state index contributed by atoms with van der Waals surface area (Å²) in [5, 5.41) is 11.9. The van der Waals surface area contributed by atoms with Crippen LogP contribution in [-0.4, -0.2) is 17.7 Å². The highest BCUT2D eigenvalue weighted by Gasteiger charge is 2.13. The van der Waals surface area contributed by atoms with Crippen molar-refractivity contribution in [2.24, 2.45) is 0 Å². The number of ether oxygens (including phenoxy) is 1. The summed E-state index contributed by atoms with van der Waals surface area (Å²) in [6.07, 6.45) is 0. The predicted molar refractivity (Wildman–Crippen MR) is 69.8 cm³/mol. The molecular formula is C14H11F2NO3. The summed E-state index contributed by atoms with van der Waals surface area (Å²) >= 11 is 0. The molecular weight excluding hydrogens is 268 g/mol. The zero-order valence-corrected chi connectivity index (χ0v) is 10.2. The highest BCUT2D eigenvalue weighted by atomic mass is 19.3. The van der Waals surface area contributed by atoms with Gasteiger partial charge in [0.1, 0.15) is 5.75 Å². The van der Waals surface area contributed by atoms with Crippen molar-refractivity contribution >= 4 is 17.3 Å². The third-order valence-electron chi connectivity index (χ3n) is 2.53. The molecule has 104 valence electrons. The molecule has 0 atom stereocenters. The molecule has 0 spiro atoms. The number of aromatic carboxylic acids is 1. The van der Waals surface area contributed by atoms with Gasteiger partial charge in [0.15, 0.2) is 0 Å². The van der Waals surface area contributed by atoms with Crippen LogP contribution in [0.4, 0.5) is 20.2 Å². The quantitative estimate of drug-likeness (QED) is 0.875. The van der Waals surface area contributed by atoms with Crippen molar-refractivity contribution in [3.05, 3.63) is 54.1 Å². The Balaban J connectivity index is 2.33. The monoisotopic (exact) mass is 279 g/mol. The molecule has 0 radical (unpaired) electrons. The first-order valence-corrected chi connectivity index (χ1v) is 5.71. The average molecular weight is 279 g/mol. The van der Waals surface area contributed by atoms with Crippen LogP contribution in [0.5, 0.6) is 5.75 Å². The fraction of sp³-hybridized carbons (Fsp3) is 0.0714. The van der Waals surface area contributed by atoms with Crippen LogP contribution in [0.1, 0.15) is 10.4 Å². The highest BCUT2D eigenvalue weighted by molar-refractivity contribution is 5.95. The van der Waals surface area contributed by atoms with Gasteiger partial charge in [0.25, 0.3) is 0 Å². The zero-order valence-electron chi connectivity index (χ0n) is 10.2. The number of para-hydroxylation sites is 3. The lowest BCUT2D eigenvalue weighted by atomic mass is 10.1. The fourth-order valence-electron chi connectivity index (χ4n) is 1.69. The maximum atomic E-state index is 12.3. The maximum Gasteiger partial charge on any atom is 0.387 e. The fourth-order valence-corrected chi connectivity index (χ4v) is 1.69. The minimum absolute atomic E-state index is 0.0411. The number of nitrogens with one attached hydrogen (secondary N) is 1. The smallest absolute Gasteiger partial charge is 0.387 e. The lowest BCUT2D eigenvalue weighted by molar-refractivity contribution is -0.0493. The van der Waals surface area contributed by atoms with E-state index in [0.717, 1.165) is 0 Å². The molecule has 0 unspecified atom stereocenters. The molecule has 0 aliphatic heterocycles. The SMILES string of the molecule is O=C(O)c1ccccc1Nc1ccccc1OC(F)F. The molecule has 0 aliphatic carbocycles. The number of rotatable bonds is 5. The van der Waals surface area contributed by atoms with Gasteiger partial charge in [-0.3, -0.25) is 0 Å². The second-order valence-corrected chi connectivity index (χ2v) is 3.85. The summed E-state index contributed by atoms with van der Waals surface area (Å²) in [6, 6.07) is 12.3. The normalized spacial score (nSPS) is 10.3. The van der Waals surface area contributed by atoms with Gasteiger partial charge in [0.2, 0.25) is 0 Å². The van der Waals surface area contributed by atoms with E-state index in [2.05, 4.69) is 10.1 Å². The zero-order chi connectivity index (χ0) is 14.5. The second kappa shape index (κ2) is 6.01. The Morgan fingerprint density at radius 1 is 1.05 bits per heavy atom. The number of hydrogen-bond acceptors (Lipinski definition) is 3. The third kappa shape index (κ3) is 3.23. The molecule has 0 saturated heterocycles. The summed E-state index contributed by atoms with van der Waals surface area (Å²) in [5.41, 5.74) is 0.603. The van der Waals surface area contributed by atoms with Crippen molar-refractivity contribution in [3.63, 3.8) is 0 Å². The van der Waals surface area contributed by atoms with Gasteiger partial charge in [0.05, 0.1) is 16.9 Å². The second-order valence-electron chi connectivity index (χ2n) is 3.85. The van der Waals surface area contributed by atoms with Crippen LogP contribution in [0.15, 0.2) is 48.5 Å². The Labute approximate surface area is 113 Å². The van der Waals surface area contributed by atoms with E-state index >= 15 is 0 Å². The lowest BCUT2D eigenvalue weighted by Crippen LogP contribution is -2.06. The Morgan fingerprint density at radius 3 is 2.30 bits per heavy atom. The summed E-state index contributed by atoms with van der Waals surface area (Å²) in [6.45, 7) is -2.95. The van der Waals surface area contributed by atoms with Crippen molar-refractivity contribution in [2.75, 3.05) is 5.32 Å². The van der Waals surface area contributed by atoms with Crippen molar-refractivity contribution in [1.82, 2.24) is 0 Å². The van der Waals surface area contributed by atoms with Crippen LogP contribution in [0, 0.1) is 0 Å². The van der Waals surface area contributed by atoms with Crippen molar-refractivity contribution in [1.29, 1.82) is 0 Å². The number of carboxylic acid groups (broad SMARTS) is 1. The van der Waals surface area contributed by atoms with Crippen LogP contribution in [0.25, 0.3) is 0 Å². The van der Waals surface area contributed by atoms with Crippen LogP contribution in [0.3, 0.4) is 0 Å². The number of carbonyl (C=O) groups is 1. The van der Waals surface area contributed by atoms with Crippen molar-refractivity contribution in [3.8, 4) is 5.75 Å². The van der Waals surface area contributed by atoms with E-state index in [1.165, 1.54) is 18.2 Å². The molecule has 6 heteroatoms. The van der Waals surface area contributed by atoms with E-state index in [4.69, 9.17) is 5.11 Å². The number of alkyl halides is 2. The molecule has 2 rings (SSSR count). The van der Waals surface area contributed by atoms with Gasteiger partial charge in [-0.25, -0.2) is 4.79 Å². The first-order valence-electron chi connectivity index (χ1n) is 5.71. The lowest BCUT2D eigenvalue weighted by Gasteiger charge is -2.13. The topological polar surface area (TPSA) is 58.6 Å². The van der Waals surface area contributed by atoms with Crippen LogP contribution in [0.2, 0.25) is 0 Å². The predicted octanol–water partition coefficient (Wildman–Crippen LogP) is 3.73. The molecule has 0 amide bonds. The summed E-state index contributed by atoms with van der Waals surface area (Å²) < 4.78 is 29.0. The van der Waals surface area contributed by atoms with Gasteiger partial charge in [-0.1, -0.05) is 24.3 Å². The van der Waals surface area contributed by atoms with E-state index < -0.39 is 12.6 Å². The first-order chi connectivity index (χ1) is 9.58. The Kier molecular flexibility index (Phi) is 4.14. The number of benzene rings is 2. The van der Waals surface area contributed by atoms with Gasteiger partial charge >= 0.3 is 12.6 Å². The molecule has 0 fully saturated rings. The number of halogens is 2. The Hall–Kier alpha value is -2.63. The van der Waals surface area contributed by atoms with Gasteiger partial charge < -0.3 is 15.2 Å². The molecule has 0 saturated carbocycles. The van der Waals surface area contributed by atoms with Crippen LogP contribution < -0.4 is 10.1 Å². The van der Waals surface area contributed by atoms with E-state index in [-0.39, 0.29) is 17.0 Å². The molecule has 2 aromatic carbocycles. The largest absolute Gasteiger partial charge is 0.478 e. The molecule has 2 N–H and O–H groups in total. The molecule has 0 bridgehead atoms. The maximum absolute atomic E-state index is 12.3. The molecule has 0 aromatic heterocycles. The number of hydrogen-bond donors (Lipinski definition) is 2. The molecule has 4 nitrogen and oxygen atoms in total. The van der Waals surface area contributed by atoms with Gasteiger partial charge in [0, 0.05) is 0 Å². The molecule has 2 aromatic rings. The summed E-state index contributed by atoms with van der Waals surface area (Å²) in [5.74, 6) is -1.16. The minimum atomic E-state index is -2.95. The van der Waals surface area contributed by atoms with E-state index in [1.54, 1.807) is 30.3 Å². The van der Waals surface area contributed by atoms with Crippen LogP contribution in [-0.2, 0) is 0 Å². The van der Waals surface area contributed by atoms with E-state index in [0.29, 0.717) is 5.69 Å². The summed E-state index contributed by atoms with van der Waals surface area (Å²) in [7, 11) is 0. The van der Waals surface area contributed by atoms with E-state index in [9.17, 15) is 13.6 Å². The van der Waals surface area contributed by atoms with Crippen molar-refractivity contribution < 1.29 is 23.4 Å². The van der Waals surface area contributed by atoms with Gasteiger partial charge in [-0.15, -0.1) is 0 Å². The average Bonchev–Trinajstić information content (AvgIpc) is 2.41. The molecule has 0 aliphatic rings. The van der Waals surface area contributed by atoms with Gasteiger partial charge in [-0.05, 0) is 24.3 Å². The minimum Gasteiger partial charge on any atom is -0.478 e. The first kappa shape index (κ1) is 13.8. The Bertz CT molecular complexity index is 617. The molecule has 0 heterocycles. The summed E-state index contributed by atoms with van der Waals surface area (Å²) in [4.78, 5) is 11.1. The van der Waals surface area contributed by atoms with Gasteiger partial charge in [-0.2, -0.15) is 8.78 Å². The standard InChI is InChI=1S/C14H11F2NO3/c15-14(16)20-12-8-4-3-7-11(12)17-10-6-2-1-5-9(10)13(18)19/h1-8,14,17H,(H,18,19). The van der Waals surface area contributed by atoms with E-state index in [1.807, 2.05) is 0 Å². The van der Waals surface area contributed by atoms with Crippen LogP contribution >= 0.6 is 0 Å². The van der Waals surface area contributed by atoms with Crippen molar-refractivity contribution in [2.45, 2.75) is 6.61 Å².